The number of benzene rings is 4. The SMILES string of the molecule is [Pt+2].[c-]1c(Oc2[c-]c3c(cc2)c2ccccc2n3-c2ccccn2)cccc1-c1noc2c1C1(C3=C(CCCC3)c3ccccc31)c1occc1-2. The molecule has 4 heterocycles. The number of allylic oxidation sites excluding steroid dienone is 2. The van der Waals surface area contributed by atoms with Crippen molar-refractivity contribution in [3.63, 3.8) is 0 Å². The summed E-state index contributed by atoms with van der Waals surface area (Å²) in [5, 5.41) is 6.95. The molecule has 3 aliphatic carbocycles. The number of hydrogen-bond acceptors (Lipinski definition) is 5. The van der Waals surface area contributed by atoms with Crippen molar-refractivity contribution in [3.8, 4) is 39.9 Å². The smallest absolute Gasteiger partial charge is 0.503 e. The van der Waals surface area contributed by atoms with Crippen molar-refractivity contribution in [1.82, 2.24) is 14.7 Å². The van der Waals surface area contributed by atoms with E-state index in [2.05, 4.69) is 70.2 Å². The fraction of sp³-hybridized carbons (Fsp3) is 0.116. The first-order chi connectivity index (χ1) is 24.3. The van der Waals surface area contributed by atoms with Crippen LogP contribution in [0.2, 0.25) is 0 Å². The molecule has 0 radical (unpaired) electrons. The topological polar surface area (TPSA) is 66.2 Å². The van der Waals surface area contributed by atoms with Gasteiger partial charge in [0.15, 0.2) is 5.76 Å². The Morgan fingerprint density at radius 1 is 0.760 bits per heavy atom. The molecule has 6 nitrogen and oxygen atoms in total. The maximum absolute atomic E-state index is 6.51. The van der Waals surface area contributed by atoms with Gasteiger partial charge in [-0.15, -0.1) is 46.4 Å². The first-order valence-electron chi connectivity index (χ1n) is 16.8. The first-order valence-corrected chi connectivity index (χ1v) is 16.8. The van der Waals surface area contributed by atoms with Crippen molar-refractivity contribution in [2.24, 2.45) is 0 Å². The zero-order chi connectivity index (χ0) is 32.1. The van der Waals surface area contributed by atoms with E-state index in [1.807, 2.05) is 60.8 Å². The second kappa shape index (κ2) is 11.0. The van der Waals surface area contributed by atoms with Crippen molar-refractivity contribution in [1.29, 1.82) is 0 Å². The predicted molar refractivity (Wildman–Crippen MR) is 188 cm³/mol. The molecular weight excluding hydrogens is 802 g/mol. The van der Waals surface area contributed by atoms with Crippen LogP contribution >= 0.6 is 0 Å². The summed E-state index contributed by atoms with van der Waals surface area (Å²) in [6.07, 6.45) is 8.00. The summed E-state index contributed by atoms with van der Waals surface area (Å²) < 4.78 is 21.2. The van der Waals surface area contributed by atoms with Gasteiger partial charge in [-0.2, -0.15) is 6.07 Å². The average Bonchev–Trinajstić information content (AvgIpc) is 3.96. The van der Waals surface area contributed by atoms with Gasteiger partial charge in [0.05, 0.1) is 17.2 Å². The zero-order valence-electron chi connectivity index (χ0n) is 26.7. The van der Waals surface area contributed by atoms with Crippen molar-refractivity contribution in [2.75, 3.05) is 0 Å². The molecule has 4 aromatic heterocycles. The Kier molecular flexibility index (Phi) is 6.50. The predicted octanol–water partition coefficient (Wildman–Crippen LogP) is 10.5. The Balaban J connectivity index is 0.00000316. The van der Waals surface area contributed by atoms with Crippen LogP contribution in [0.25, 0.3) is 55.8 Å². The van der Waals surface area contributed by atoms with Crippen LogP contribution in [-0.4, -0.2) is 14.7 Å². The molecule has 1 spiro atoms. The van der Waals surface area contributed by atoms with E-state index in [0.29, 0.717) is 11.5 Å². The zero-order valence-corrected chi connectivity index (χ0v) is 29.0. The fourth-order valence-corrected chi connectivity index (χ4v) is 8.72. The Hall–Kier alpha value is -5.45. The normalized spacial score (nSPS) is 17.1. The summed E-state index contributed by atoms with van der Waals surface area (Å²) in [5.41, 5.74) is 10.4. The van der Waals surface area contributed by atoms with Crippen LogP contribution in [0.3, 0.4) is 0 Å². The van der Waals surface area contributed by atoms with Gasteiger partial charge >= 0.3 is 21.1 Å². The Morgan fingerprint density at radius 2 is 1.62 bits per heavy atom. The Labute approximate surface area is 302 Å². The van der Waals surface area contributed by atoms with Crippen LogP contribution in [0.1, 0.15) is 48.1 Å². The second-order valence-electron chi connectivity index (χ2n) is 13.0. The van der Waals surface area contributed by atoms with E-state index in [1.165, 1.54) is 28.7 Å². The second-order valence-corrected chi connectivity index (χ2v) is 13.0. The van der Waals surface area contributed by atoms with Crippen LogP contribution in [-0.2, 0) is 26.5 Å². The first kappa shape index (κ1) is 29.5. The van der Waals surface area contributed by atoms with Gasteiger partial charge in [-0.3, -0.25) is 0 Å². The van der Waals surface area contributed by atoms with Crippen LogP contribution in [0, 0.1) is 12.1 Å². The summed E-state index contributed by atoms with van der Waals surface area (Å²) >= 11 is 0. The molecule has 1 unspecified atom stereocenters. The van der Waals surface area contributed by atoms with E-state index >= 15 is 0 Å². The third kappa shape index (κ3) is 3.88. The number of hydrogen-bond donors (Lipinski definition) is 0. The number of fused-ring (bicyclic) bond motifs is 12. The van der Waals surface area contributed by atoms with Crippen molar-refractivity contribution in [2.45, 2.75) is 31.1 Å². The van der Waals surface area contributed by atoms with E-state index in [-0.39, 0.29) is 21.1 Å². The molecule has 50 heavy (non-hydrogen) atoms. The number of ether oxygens (including phenoxy) is 1. The van der Waals surface area contributed by atoms with Crippen LogP contribution in [0.4, 0.5) is 0 Å². The van der Waals surface area contributed by atoms with Gasteiger partial charge in [0.1, 0.15) is 11.6 Å². The van der Waals surface area contributed by atoms with Crippen molar-refractivity contribution in [3.05, 3.63) is 156 Å². The maximum Gasteiger partial charge on any atom is 2.00 e. The number of rotatable bonds is 4. The van der Waals surface area contributed by atoms with Gasteiger partial charge in [-0.05, 0) is 77.6 Å². The molecule has 0 fully saturated rings. The van der Waals surface area contributed by atoms with E-state index in [9.17, 15) is 0 Å². The molecule has 4 aromatic carbocycles. The van der Waals surface area contributed by atoms with Gasteiger partial charge in [0.25, 0.3) is 0 Å². The summed E-state index contributed by atoms with van der Waals surface area (Å²) in [7, 11) is 0. The molecule has 7 heteroatoms. The van der Waals surface area contributed by atoms with Gasteiger partial charge in [0.2, 0.25) is 0 Å². The van der Waals surface area contributed by atoms with Crippen LogP contribution in [0.15, 0.2) is 130 Å². The molecule has 0 aliphatic heterocycles. The number of pyridine rings is 1. The fourth-order valence-electron chi connectivity index (χ4n) is 8.72. The monoisotopic (exact) mass is 828 g/mol. The quantitative estimate of drug-likeness (QED) is 0.165. The van der Waals surface area contributed by atoms with E-state index in [4.69, 9.17) is 18.8 Å². The Bertz CT molecular complexity index is 2670. The van der Waals surface area contributed by atoms with Gasteiger partial charge in [-0.25, -0.2) is 4.98 Å². The summed E-state index contributed by atoms with van der Waals surface area (Å²) in [5.74, 6) is 3.69. The minimum atomic E-state index is -0.571. The number of aromatic nitrogens is 3. The van der Waals surface area contributed by atoms with E-state index in [1.54, 1.807) is 6.26 Å². The minimum Gasteiger partial charge on any atom is -0.503 e. The van der Waals surface area contributed by atoms with Crippen molar-refractivity contribution >= 4 is 27.4 Å². The molecule has 242 valence electrons. The third-order valence-electron chi connectivity index (χ3n) is 10.6. The maximum atomic E-state index is 6.51. The van der Waals surface area contributed by atoms with E-state index in [0.717, 1.165) is 80.8 Å². The van der Waals surface area contributed by atoms with Crippen molar-refractivity contribution < 1.29 is 34.7 Å². The molecule has 1 atom stereocenters. The molecule has 11 rings (SSSR count). The summed E-state index contributed by atoms with van der Waals surface area (Å²) in [6.45, 7) is 0. The molecule has 0 saturated heterocycles. The number of para-hydroxylation sites is 1. The standard InChI is InChI=1S/C43H27N3O3.Pt/c1-4-15-34-29(12-1)30-13-2-5-16-35(30)43(34)39-40(45-49-41(39)33-21-23-47-42(33)43)26-10-9-11-27(24-26)48-28-19-20-32-31-14-3-6-17-36(31)46(37(32)25-28)38-18-7-8-22-44-38;/h1,3-4,6-12,14-15,17-23H,2,5,13,16H2;/q-2;+2. The van der Waals surface area contributed by atoms with Gasteiger partial charge < -0.3 is 18.2 Å². The molecular formula is C43H27N3O3Pt. The van der Waals surface area contributed by atoms with Gasteiger partial charge in [0, 0.05) is 34.5 Å². The number of furan rings is 1. The average molecular weight is 829 g/mol. The molecule has 0 amide bonds. The summed E-state index contributed by atoms with van der Waals surface area (Å²) in [6, 6.07) is 42.2. The number of nitrogens with zero attached hydrogens (tertiary/aromatic N) is 3. The van der Waals surface area contributed by atoms with E-state index < -0.39 is 5.41 Å². The molecule has 0 bridgehead atoms. The van der Waals surface area contributed by atoms with Gasteiger partial charge in [-0.1, -0.05) is 60.1 Å². The minimum absolute atomic E-state index is 0. The largest absolute Gasteiger partial charge is 2.00 e. The van der Waals surface area contributed by atoms with Crippen LogP contribution in [0.5, 0.6) is 11.5 Å². The molecule has 8 aromatic rings. The summed E-state index contributed by atoms with van der Waals surface area (Å²) in [4.78, 5) is 4.65. The Morgan fingerprint density at radius 3 is 2.56 bits per heavy atom. The molecule has 0 N–H and O–H groups in total. The third-order valence-corrected chi connectivity index (χ3v) is 10.6. The molecule has 3 aliphatic rings. The molecule has 0 saturated carbocycles. The van der Waals surface area contributed by atoms with Crippen LogP contribution < -0.4 is 4.74 Å².